The van der Waals surface area contributed by atoms with E-state index in [1.54, 1.807) is 0 Å². The summed E-state index contributed by atoms with van der Waals surface area (Å²) in [5, 5.41) is 2.55. The van der Waals surface area contributed by atoms with E-state index in [0.29, 0.717) is 0 Å². The Bertz CT molecular complexity index is 3320. The predicted octanol–water partition coefficient (Wildman–Crippen LogP) is 16.9. The molecule has 0 saturated carbocycles. The first-order valence-corrected chi connectivity index (χ1v) is 23.2. The van der Waals surface area contributed by atoms with E-state index in [1.807, 2.05) is 11.3 Å². The quantitative estimate of drug-likeness (QED) is 0.176. The minimum Gasteiger partial charge on any atom is -0.454 e. The topological polar surface area (TPSA) is 12.5 Å². The van der Waals surface area contributed by atoms with Crippen LogP contribution >= 0.6 is 11.3 Å². The lowest BCUT2D eigenvalue weighted by Crippen LogP contribution is -2.33. The minimum absolute atomic E-state index is 0.0440. The molecule has 0 saturated heterocycles. The van der Waals surface area contributed by atoms with E-state index < -0.39 is 5.41 Å². The molecular weight excluding hydrogens is 783 g/mol. The molecule has 8 aromatic carbocycles. The molecule has 0 N–H and O–H groups in total. The van der Waals surface area contributed by atoms with Gasteiger partial charge in [0.25, 0.3) is 0 Å². The van der Waals surface area contributed by atoms with Gasteiger partial charge in [0, 0.05) is 37.7 Å². The number of benzene rings is 8. The second kappa shape index (κ2) is 13.1. The summed E-state index contributed by atoms with van der Waals surface area (Å²) in [4.78, 5) is 2.51. The van der Waals surface area contributed by atoms with Crippen molar-refractivity contribution in [1.29, 1.82) is 0 Å². The van der Waals surface area contributed by atoms with Gasteiger partial charge in [0.05, 0.1) is 21.5 Å². The molecule has 0 unspecified atom stereocenters. The van der Waals surface area contributed by atoms with E-state index in [4.69, 9.17) is 4.74 Å². The number of para-hydroxylation sites is 2. The van der Waals surface area contributed by atoms with Crippen LogP contribution in [0.1, 0.15) is 99.9 Å². The molecule has 3 aliphatic rings. The van der Waals surface area contributed by atoms with Gasteiger partial charge in [0.15, 0.2) is 5.75 Å². The first kappa shape index (κ1) is 38.3. The zero-order chi connectivity index (χ0) is 43.2. The highest BCUT2D eigenvalue weighted by atomic mass is 32.1. The highest BCUT2D eigenvalue weighted by Crippen LogP contribution is 2.65. The molecule has 0 radical (unpaired) electrons. The normalized spacial score (nSPS) is 15.0. The Balaban J connectivity index is 1.19. The molecule has 0 amide bonds. The summed E-state index contributed by atoms with van der Waals surface area (Å²) >= 11 is 1.87. The maximum Gasteiger partial charge on any atom is 0.156 e. The number of nitrogens with zero attached hydrogens (tertiary/aromatic N) is 1. The molecule has 2 heterocycles. The first-order chi connectivity index (χ1) is 30.3. The Morgan fingerprint density at radius 3 is 1.75 bits per heavy atom. The van der Waals surface area contributed by atoms with Crippen LogP contribution in [-0.4, -0.2) is 0 Å². The lowest BCUT2D eigenvalue weighted by molar-refractivity contribution is 0.437. The molecule has 0 fully saturated rings. The Hall–Kier alpha value is -6.42. The Kier molecular flexibility index (Phi) is 7.94. The van der Waals surface area contributed by atoms with Crippen LogP contribution < -0.4 is 9.64 Å². The highest BCUT2D eigenvalue weighted by molar-refractivity contribution is 7.26. The van der Waals surface area contributed by atoms with Gasteiger partial charge in [-0.15, -0.1) is 11.3 Å². The summed E-state index contributed by atoms with van der Waals surface area (Å²) < 4.78 is 10.0. The van der Waals surface area contributed by atoms with Crippen molar-refractivity contribution in [2.75, 3.05) is 4.90 Å². The SMILES string of the molecule is CC(C)(C)c1ccc2c(c1)C1(c3ccccc3Oc3c(N(c4ccc5c(c4)C(C)(C)c4ccccc4-5)c4cccc5c4sc4ccccc45)cccc31)c1cc(C(C)(C)C)ccc1-2. The third kappa shape index (κ3) is 5.30. The van der Waals surface area contributed by atoms with Crippen LogP contribution in [0, 0.1) is 0 Å². The summed E-state index contributed by atoms with van der Waals surface area (Å²) in [6.45, 7) is 18.7. The van der Waals surface area contributed by atoms with Crippen LogP contribution in [0.5, 0.6) is 11.5 Å². The Morgan fingerprint density at radius 2 is 1.02 bits per heavy atom. The van der Waals surface area contributed by atoms with Gasteiger partial charge in [-0.05, 0) is 103 Å². The molecule has 308 valence electrons. The van der Waals surface area contributed by atoms with Gasteiger partial charge in [0.2, 0.25) is 0 Å². The van der Waals surface area contributed by atoms with Gasteiger partial charge < -0.3 is 9.64 Å². The molecule has 3 heteroatoms. The van der Waals surface area contributed by atoms with Crippen LogP contribution in [0.3, 0.4) is 0 Å². The maximum absolute atomic E-state index is 7.46. The fraction of sp³-hybridized carbons (Fsp3) is 0.200. The van der Waals surface area contributed by atoms with Crippen LogP contribution in [0.4, 0.5) is 17.1 Å². The van der Waals surface area contributed by atoms with E-state index in [9.17, 15) is 0 Å². The lowest BCUT2D eigenvalue weighted by Gasteiger charge is -2.42. The summed E-state index contributed by atoms with van der Waals surface area (Å²) in [5.74, 6) is 1.78. The Morgan fingerprint density at radius 1 is 0.460 bits per heavy atom. The fourth-order valence-corrected chi connectivity index (χ4v) is 12.4. The summed E-state index contributed by atoms with van der Waals surface area (Å²) in [6, 6.07) is 62.0. The van der Waals surface area contributed by atoms with Crippen molar-refractivity contribution in [2.24, 2.45) is 0 Å². The molecule has 1 spiro atoms. The minimum atomic E-state index is -0.635. The van der Waals surface area contributed by atoms with Crippen LogP contribution in [0.25, 0.3) is 42.4 Å². The molecule has 2 aliphatic carbocycles. The van der Waals surface area contributed by atoms with Crippen molar-refractivity contribution in [1.82, 2.24) is 0 Å². The molecule has 1 aromatic heterocycles. The molecule has 9 aromatic rings. The monoisotopic (exact) mass is 833 g/mol. The maximum atomic E-state index is 7.46. The van der Waals surface area contributed by atoms with E-state index >= 15 is 0 Å². The van der Waals surface area contributed by atoms with Crippen LogP contribution in [0.15, 0.2) is 164 Å². The van der Waals surface area contributed by atoms with Crippen molar-refractivity contribution >= 4 is 48.6 Å². The molecule has 63 heavy (non-hydrogen) atoms. The second-order valence-corrected chi connectivity index (χ2v) is 21.6. The van der Waals surface area contributed by atoms with Crippen LogP contribution in [-0.2, 0) is 21.7 Å². The molecular formula is C60H51NOS. The summed E-state index contributed by atoms with van der Waals surface area (Å²) in [6.07, 6.45) is 0. The zero-order valence-electron chi connectivity index (χ0n) is 37.4. The number of ether oxygens (including phenoxy) is 1. The van der Waals surface area contributed by atoms with Crippen LogP contribution in [0.2, 0.25) is 0 Å². The zero-order valence-corrected chi connectivity index (χ0v) is 38.2. The van der Waals surface area contributed by atoms with Gasteiger partial charge in [-0.25, -0.2) is 0 Å². The van der Waals surface area contributed by atoms with Crippen molar-refractivity contribution in [2.45, 2.75) is 77.0 Å². The van der Waals surface area contributed by atoms with Crippen molar-refractivity contribution < 1.29 is 4.74 Å². The van der Waals surface area contributed by atoms with E-state index in [2.05, 4.69) is 224 Å². The van der Waals surface area contributed by atoms with Gasteiger partial charge in [-0.3, -0.25) is 0 Å². The van der Waals surface area contributed by atoms with Crippen molar-refractivity contribution in [3.8, 4) is 33.8 Å². The first-order valence-electron chi connectivity index (χ1n) is 22.4. The number of thiophene rings is 1. The molecule has 12 rings (SSSR count). The average molecular weight is 834 g/mol. The number of rotatable bonds is 3. The summed E-state index contributed by atoms with van der Waals surface area (Å²) in [7, 11) is 0. The van der Waals surface area contributed by atoms with Gasteiger partial charge >= 0.3 is 0 Å². The fourth-order valence-electron chi connectivity index (χ4n) is 11.2. The number of fused-ring (bicyclic) bond motifs is 15. The largest absolute Gasteiger partial charge is 0.454 e. The lowest BCUT2D eigenvalue weighted by atomic mass is 9.64. The van der Waals surface area contributed by atoms with Crippen molar-refractivity contribution in [3.05, 3.63) is 208 Å². The molecule has 0 atom stereocenters. The highest BCUT2D eigenvalue weighted by Gasteiger charge is 2.52. The molecule has 2 nitrogen and oxygen atoms in total. The van der Waals surface area contributed by atoms with E-state index in [1.165, 1.54) is 86.9 Å². The number of anilines is 3. The van der Waals surface area contributed by atoms with E-state index in [-0.39, 0.29) is 16.2 Å². The van der Waals surface area contributed by atoms with Gasteiger partial charge in [-0.2, -0.15) is 0 Å². The van der Waals surface area contributed by atoms with Crippen molar-refractivity contribution in [3.63, 3.8) is 0 Å². The Labute approximate surface area is 375 Å². The average Bonchev–Trinajstić information content (AvgIpc) is 3.87. The number of hydrogen-bond donors (Lipinski definition) is 0. The van der Waals surface area contributed by atoms with Gasteiger partial charge in [-0.1, -0.05) is 183 Å². The predicted molar refractivity (Wildman–Crippen MR) is 266 cm³/mol. The third-order valence-electron chi connectivity index (χ3n) is 14.5. The smallest absolute Gasteiger partial charge is 0.156 e. The second-order valence-electron chi connectivity index (χ2n) is 20.5. The number of hydrogen-bond acceptors (Lipinski definition) is 3. The van der Waals surface area contributed by atoms with E-state index in [0.717, 1.165) is 28.6 Å². The molecule has 1 aliphatic heterocycles. The summed E-state index contributed by atoms with van der Waals surface area (Å²) in [5.41, 5.74) is 17.9. The third-order valence-corrected chi connectivity index (χ3v) is 15.7. The van der Waals surface area contributed by atoms with Gasteiger partial charge in [0.1, 0.15) is 5.75 Å². The molecule has 0 bridgehead atoms. The standard InChI is InChI=1S/C60H51NOS/c1-57(2,3)36-27-30-41-42-31-28-37(58(4,5)6)34-50(42)60(49(41)33-36)46-21-12-13-25-53(46)62-55-47(60)22-16-23-51(55)61(52-24-15-19-44-43-18-10-14-26-54(43)63-56(44)52)38-29-32-40-39-17-9-11-20-45(39)59(7,8)48(40)35-38/h9-35H,1-8H3.